The van der Waals surface area contributed by atoms with Crippen LogP contribution in [0.15, 0.2) is 0 Å². The van der Waals surface area contributed by atoms with Crippen molar-refractivity contribution < 1.29 is 13.9 Å². The first-order valence-corrected chi connectivity index (χ1v) is 3.20. The summed E-state index contributed by atoms with van der Waals surface area (Å²) >= 11 is 0. The summed E-state index contributed by atoms with van der Waals surface area (Å²) in [5.41, 5.74) is 5.20. The molecule has 0 amide bonds. The lowest BCUT2D eigenvalue weighted by Crippen LogP contribution is -2.32. The third-order valence-electron chi connectivity index (χ3n) is 1.01. The lowest BCUT2D eigenvalue weighted by atomic mass is 10.2. The molecule has 1 unspecified atom stereocenters. The van der Waals surface area contributed by atoms with E-state index in [0.29, 0.717) is 6.61 Å². The Morgan fingerprint density at radius 3 is 2.80 bits per heavy atom. The molecule has 0 aromatic heterocycles. The van der Waals surface area contributed by atoms with Crippen molar-refractivity contribution in [1.29, 1.82) is 0 Å². The predicted molar refractivity (Wildman–Crippen MR) is 35.2 cm³/mol. The van der Waals surface area contributed by atoms with Gasteiger partial charge in [-0.05, 0) is 6.92 Å². The predicted octanol–water partition coefficient (Wildman–Crippen LogP) is 0.236. The molecule has 0 aromatic rings. The highest BCUT2D eigenvalue weighted by Crippen LogP contribution is 1.91. The van der Waals surface area contributed by atoms with Gasteiger partial charge >= 0.3 is 5.97 Å². The average molecular weight is 149 g/mol. The number of ether oxygens (including phenoxy) is 1. The second-order valence-electron chi connectivity index (χ2n) is 1.84. The van der Waals surface area contributed by atoms with Gasteiger partial charge in [0.25, 0.3) is 0 Å². The third kappa shape index (κ3) is 3.40. The summed E-state index contributed by atoms with van der Waals surface area (Å²) < 4.78 is 16.1. The first-order valence-electron chi connectivity index (χ1n) is 3.20. The zero-order chi connectivity index (χ0) is 7.98. The molecule has 0 heterocycles. The molecule has 1 atom stereocenters. The molecule has 0 fully saturated rings. The first kappa shape index (κ1) is 9.36. The maximum atomic E-state index is 11.6. The van der Waals surface area contributed by atoms with Gasteiger partial charge in [-0.2, -0.15) is 0 Å². The molecule has 0 radical (unpaired) electrons. The van der Waals surface area contributed by atoms with Crippen molar-refractivity contribution in [3.63, 3.8) is 0 Å². The van der Waals surface area contributed by atoms with Gasteiger partial charge < -0.3 is 10.5 Å². The van der Waals surface area contributed by atoms with Gasteiger partial charge in [0.2, 0.25) is 0 Å². The minimum Gasteiger partial charge on any atom is -0.465 e. The molecule has 0 rings (SSSR count). The van der Waals surface area contributed by atoms with Crippen molar-refractivity contribution in [2.24, 2.45) is 5.73 Å². The molecule has 0 saturated heterocycles. The standard InChI is InChI=1S/C6H12FNO2/c1-2-10-6(9)5(8)3-4-7/h5H,2-4,8H2,1H3. The molecule has 0 aromatic carbocycles. The maximum Gasteiger partial charge on any atom is 0.322 e. The van der Waals surface area contributed by atoms with Gasteiger partial charge in [-0.15, -0.1) is 0 Å². The van der Waals surface area contributed by atoms with Crippen LogP contribution in [0.25, 0.3) is 0 Å². The van der Waals surface area contributed by atoms with E-state index in [1.165, 1.54) is 0 Å². The minimum atomic E-state index is -0.801. The molecule has 0 aliphatic carbocycles. The summed E-state index contributed by atoms with van der Waals surface area (Å²) in [5, 5.41) is 0. The van der Waals surface area contributed by atoms with E-state index in [2.05, 4.69) is 4.74 Å². The molecule has 0 aliphatic rings. The van der Waals surface area contributed by atoms with E-state index in [-0.39, 0.29) is 6.42 Å². The number of hydrogen-bond acceptors (Lipinski definition) is 3. The molecule has 4 heteroatoms. The Morgan fingerprint density at radius 2 is 2.40 bits per heavy atom. The number of halogens is 1. The van der Waals surface area contributed by atoms with E-state index < -0.39 is 18.7 Å². The summed E-state index contributed by atoms with van der Waals surface area (Å²) in [6.07, 6.45) is 0.0405. The SMILES string of the molecule is CCOC(=O)C(N)CCF. The van der Waals surface area contributed by atoms with Crippen molar-refractivity contribution in [3.8, 4) is 0 Å². The highest BCUT2D eigenvalue weighted by Gasteiger charge is 2.12. The number of rotatable bonds is 4. The van der Waals surface area contributed by atoms with Crippen LogP contribution in [-0.2, 0) is 9.53 Å². The maximum absolute atomic E-state index is 11.6. The summed E-state index contributed by atoms with van der Waals surface area (Å²) in [6, 6.07) is -0.801. The highest BCUT2D eigenvalue weighted by atomic mass is 19.1. The molecule has 0 spiro atoms. The number of carbonyl (C=O) groups excluding carboxylic acids is 1. The molecule has 3 nitrogen and oxygen atoms in total. The Morgan fingerprint density at radius 1 is 1.80 bits per heavy atom. The van der Waals surface area contributed by atoms with E-state index >= 15 is 0 Å². The lowest BCUT2D eigenvalue weighted by Gasteiger charge is -2.06. The van der Waals surface area contributed by atoms with E-state index in [1.807, 2.05) is 0 Å². The van der Waals surface area contributed by atoms with E-state index in [9.17, 15) is 9.18 Å². The number of esters is 1. The fourth-order valence-electron chi connectivity index (χ4n) is 0.485. The van der Waals surface area contributed by atoms with E-state index in [1.54, 1.807) is 6.92 Å². The van der Waals surface area contributed by atoms with Crippen molar-refractivity contribution in [2.75, 3.05) is 13.3 Å². The number of alkyl halides is 1. The summed E-state index contributed by atoms with van der Waals surface area (Å²) in [5.74, 6) is -0.528. The second-order valence-corrected chi connectivity index (χ2v) is 1.84. The largest absolute Gasteiger partial charge is 0.465 e. The van der Waals surface area contributed by atoms with Crippen molar-refractivity contribution in [3.05, 3.63) is 0 Å². The molecule has 10 heavy (non-hydrogen) atoms. The average Bonchev–Trinajstić information content (AvgIpc) is 1.89. The van der Waals surface area contributed by atoms with Crippen LogP contribution >= 0.6 is 0 Å². The Hall–Kier alpha value is -0.640. The van der Waals surface area contributed by atoms with Crippen LogP contribution in [-0.4, -0.2) is 25.3 Å². The Kier molecular flexibility index (Phi) is 4.84. The van der Waals surface area contributed by atoms with Gasteiger partial charge in [-0.3, -0.25) is 9.18 Å². The van der Waals surface area contributed by atoms with Crippen LogP contribution in [0.2, 0.25) is 0 Å². The monoisotopic (exact) mass is 149 g/mol. The molecule has 0 saturated carbocycles. The summed E-state index contributed by atoms with van der Waals surface area (Å²) in [6.45, 7) is 1.39. The number of carbonyl (C=O) groups is 1. The van der Waals surface area contributed by atoms with Crippen LogP contribution in [0.3, 0.4) is 0 Å². The second kappa shape index (κ2) is 5.17. The highest BCUT2D eigenvalue weighted by molar-refractivity contribution is 5.75. The van der Waals surface area contributed by atoms with Gasteiger partial charge in [0.15, 0.2) is 0 Å². The molecule has 0 aliphatic heterocycles. The van der Waals surface area contributed by atoms with Crippen LogP contribution < -0.4 is 5.73 Å². The summed E-state index contributed by atoms with van der Waals surface area (Å²) in [4.78, 5) is 10.6. The molecular weight excluding hydrogens is 137 g/mol. The summed E-state index contributed by atoms with van der Waals surface area (Å²) in [7, 11) is 0. The van der Waals surface area contributed by atoms with Crippen LogP contribution in [0.4, 0.5) is 4.39 Å². The van der Waals surface area contributed by atoms with Gasteiger partial charge in [0, 0.05) is 6.42 Å². The third-order valence-corrected chi connectivity index (χ3v) is 1.01. The number of nitrogens with two attached hydrogens (primary N) is 1. The van der Waals surface area contributed by atoms with Gasteiger partial charge in [0.1, 0.15) is 6.04 Å². The van der Waals surface area contributed by atoms with Crippen LogP contribution in [0.1, 0.15) is 13.3 Å². The first-order chi connectivity index (χ1) is 4.72. The van der Waals surface area contributed by atoms with Crippen molar-refractivity contribution in [2.45, 2.75) is 19.4 Å². The van der Waals surface area contributed by atoms with Crippen molar-refractivity contribution >= 4 is 5.97 Å². The van der Waals surface area contributed by atoms with Crippen LogP contribution in [0.5, 0.6) is 0 Å². The minimum absolute atomic E-state index is 0.0405. The van der Waals surface area contributed by atoms with Crippen LogP contribution in [0, 0.1) is 0 Å². The van der Waals surface area contributed by atoms with Crippen molar-refractivity contribution in [1.82, 2.24) is 0 Å². The Labute approximate surface area is 59.3 Å². The van der Waals surface area contributed by atoms with Gasteiger partial charge in [-0.1, -0.05) is 0 Å². The zero-order valence-electron chi connectivity index (χ0n) is 5.97. The van der Waals surface area contributed by atoms with Gasteiger partial charge in [-0.25, -0.2) is 0 Å². The smallest absolute Gasteiger partial charge is 0.322 e. The topological polar surface area (TPSA) is 52.3 Å². The quantitative estimate of drug-likeness (QED) is 0.582. The normalized spacial score (nSPS) is 12.7. The molecular formula is C6H12FNO2. The van der Waals surface area contributed by atoms with E-state index in [4.69, 9.17) is 5.73 Å². The van der Waals surface area contributed by atoms with Gasteiger partial charge in [0.05, 0.1) is 13.3 Å². The fraction of sp³-hybridized carbons (Fsp3) is 0.833. The lowest BCUT2D eigenvalue weighted by molar-refractivity contribution is -0.144. The zero-order valence-corrected chi connectivity index (χ0v) is 5.97. The van der Waals surface area contributed by atoms with E-state index in [0.717, 1.165) is 0 Å². The Bertz CT molecular complexity index is 108. The Balaban J connectivity index is 3.49. The number of hydrogen-bond donors (Lipinski definition) is 1. The molecule has 2 N–H and O–H groups in total. The fourth-order valence-corrected chi connectivity index (χ4v) is 0.485. The molecule has 0 bridgehead atoms. The molecule has 60 valence electrons.